The topological polar surface area (TPSA) is 33.6 Å². The van der Waals surface area contributed by atoms with Crippen LogP contribution in [0.5, 0.6) is 0 Å². The number of nitrogens with one attached hydrogen (secondary N) is 1. The zero-order valence-corrected chi connectivity index (χ0v) is 12.7. The molecule has 2 aromatic carbocycles. The van der Waals surface area contributed by atoms with Gasteiger partial charge in [-0.15, -0.1) is 0 Å². The molecule has 0 spiro atoms. The molecule has 2 aromatic rings. The normalized spacial score (nSPS) is 18.0. The van der Waals surface area contributed by atoms with E-state index in [9.17, 15) is 17.6 Å². The predicted octanol–water partition coefficient (Wildman–Crippen LogP) is 4.18. The number of rotatable bonds is 2. The minimum absolute atomic E-state index is 0.0799. The second kappa shape index (κ2) is 6.24. The van der Waals surface area contributed by atoms with E-state index in [2.05, 4.69) is 10.5 Å². The van der Waals surface area contributed by atoms with Gasteiger partial charge in [0, 0.05) is 5.56 Å². The standard InChI is InChI=1S/C17H14F4N2O/c1-10-16(23-22-9-24-10)12-5-6-14(15(8-12)17(19,20)21)11-3-2-4-13(18)7-11/h2-8,10,22H,9H2,1H3/t10-/m0/s1. The Morgan fingerprint density at radius 1 is 1.12 bits per heavy atom. The highest BCUT2D eigenvalue weighted by atomic mass is 19.4. The number of ether oxygens (including phenoxy) is 1. The summed E-state index contributed by atoms with van der Waals surface area (Å²) in [5.74, 6) is -0.590. The van der Waals surface area contributed by atoms with Crippen LogP contribution in [0.15, 0.2) is 47.6 Å². The number of halogens is 4. The lowest BCUT2D eigenvalue weighted by Crippen LogP contribution is -2.33. The van der Waals surface area contributed by atoms with E-state index in [4.69, 9.17) is 4.74 Å². The number of hydrogen-bond acceptors (Lipinski definition) is 3. The zero-order chi connectivity index (χ0) is 17.3. The first kappa shape index (κ1) is 16.4. The van der Waals surface area contributed by atoms with Crippen molar-refractivity contribution in [2.24, 2.45) is 5.10 Å². The van der Waals surface area contributed by atoms with Crippen molar-refractivity contribution in [1.82, 2.24) is 5.43 Å². The maximum absolute atomic E-state index is 13.5. The van der Waals surface area contributed by atoms with Gasteiger partial charge in [0.05, 0.1) is 11.3 Å². The summed E-state index contributed by atoms with van der Waals surface area (Å²) in [6, 6.07) is 8.97. The summed E-state index contributed by atoms with van der Waals surface area (Å²) >= 11 is 0. The van der Waals surface area contributed by atoms with E-state index < -0.39 is 23.7 Å². The highest BCUT2D eigenvalue weighted by molar-refractivity contribution is 6.04. The number of benzene rings is 2. The van der Waals surface area contributed by atoms with E-state index in [1.807, 2.05) is 0 Å². The third-order valence-electron chi connectivity index (χ3n) is 3.74. The van der Waals surface area contributed by atoms with Crippen molar-refractivity contribution >= 4 is 5.71 Å². The van der Waals surface area contributed by atoms with E-state index >= 15 is 0 Å². The van der Waals surface area contributed by atoms with Gasteiger partial charge in [-0.3, -0.25) is 5.43 Å². The minimum Gasteiger partial charge on any atom is -0.351 e. The van der Waals surface area contributed by atoms with Gasteiger partial charge in [-0.1, -0.05) is 24.3 Å². The SMILES string of the molecule is C[C@@H]1OCNN=C1c1ccc(-c2cccc(F)c2)c(C(F)(F)F)c1. The van der Waals surface area contributed by atoms with E-state index in [1.54, 1.807) is 6.92 Å². The summed E-state index contributed by atoms with van der Waals surface area (Å²) < 4.78 is 59.2. The van der Waals surface area contributed by atoms with Gasteiger partial charge >= 0.3 is 6.18 Å². The van der Waals surface area contributed by atoms with E-state index in [1.165, 1.54) is 30.3 Å². The molecule has 3 rings (SSSR count). The second-order valence-corrected chi connectivity index (χ2v) is 5.38. The summed E-state index contributed by atoms with van der Waals surface area (Å²) in [5.41, 5.74) is 2.55. The highest BCUT2D eigenvalue weighted by Crippen LogP contribution is 2.38. The van der Waals surface area contributed by atoms with Crippen molar-refractivity contribution in [3.8, 4) is 11.1 Å². The van der Waals surface area contributed by atoms with Gasteiger partial charge in [-0.05, 0) is 36.2 Å². The molecule has 0 radical (unpaired) electrons. The summed E-state index contributed by atoms with van der Waals surface area (Å²) in [5, 5.41) is 4.03. The zero-order valence-electron chi connectivity index (χ0n) is 12.7. The molecule has 1 atom stereocenters. The van der Waals surface area contributed by atoms with E-state index in [-0.39, 0.29) is 17.9 Å². The Hall–Kier alpha value is -2.41. The van der Waals surface area contributed by atoms with E-state index in [0.29, 0.717) is 11.3 Å². The Morgan fingerprint density at radius 2 is 1.92 bits per heavy atom. The molecule has 24 heavy (non-hydrogen) atoms. The summed E-state index contributed by atoms with van der Waals surface area (Å²) in [7, 11) is 0. The number of hydrazone groups is 1. The Kier molecular flexibility index (Phi) is 4.28. The van der Waals surface area contributed by atoms with Gasteiger partial charge < -0.3 is 4.74 Å². The molecular formula is C17H14F4N2O. The van der Waals surface area contributed by atoms with Gasteiger partial charge in [0.1, 0.15) is 18.7 Å². The first-order chi connectivity index (χ1) is 11.4. The molecule has 7 heteroatoms. The summed E-state index contributed by atoms with van der Waals surface area (Å²) in [6.45, 7) is 1.92. The van der Waals surface area contributed by atoms with E-state index in [0.717, 1.165) is 12.1 Å². The molecule has 0 amide bonds. The minimum atomic E-state index is -4.58. The van der Waals surface area contributed by atoms with Crippen LogP contribution in [0, 0.1) is 5.82 Å². The Bertz CT molecular complexity index is 786. The monoisotopic (exact) mass is 338 g/mol. The van der Waals surface area contributed by atoms with Gasteiger partial charge in [0.25, 0.3) is 0 Å². The summed E-state index contributed by atoms with van der Waals surface area (Å²) in [6.07, 6.45) is -5.00. The third-order valence-corrected chi connectivity index (χ3v) is 3.74. The fourth-order valence-electron chi connectivity index (χ4n) is 2.59. The maximum atomic E-state index is 13.5. The fraction of sp³-hybridized carbons (Fsp3) is 0.235. The van der Waals surface area contributed by atoms with Crippen LogP contribution in [0.3, 0.4) is 0 Å². The van der Waals surface area contributed by atoms with Crippen molar-refractivity contribution in [1.29, 1.82) is 0 Å². The quantitative estimate of drug-likeness (QED) is 0.834. The van der Waals surface area contributed by atoms with Crippen LogP contribution >= 0.6 is 0 Å². The number of nitrogens with zero attached hydrogens (tertiary/aromatic N) is 1. The molecule has 3 nitrogen and oxygen atoms in total. The molecule has 0 aliphatic carbocycles. The lowest BCUT2D eigenvalue weighted by molar-refractivity contribution is -0.137. The molecule has 0 aromatic heterocycles. The van der Waals surface area contributed by atoms with Crippen LogP contribution in [0.1, 0.15) is 18.1 Å². The first-order valence-electron chi connectivity index (χ1n) is 7.26. The molecule has 1 aliphatic rings. The molecule has 1 aliphatic heterocycles. The molecule has 1 heterocycles. The largest absolute Gasteiger partial charge is 0.417 e. The lowest BCUT2D eigenvalue weighted by Gasteiger charge is -2.22. The van der Waals surface area contributed by atoms with Crippen LogP contribution in [-0.4, -0.2) is 18.5 Å². The Labute approximate surface area is 135 Å². The number of alkyl halides is 3. The number of hydrogen-bond donors (Lipinski definition) is 1. The van der Waals surface area contributed by atoms with Crippen molar-refractivity contribution in [3.05, 3.63) is 59.4 Å². The molecule has 126 valence electrons. The molecule has 0 saturated carbocycles. The van der Waals surface area contributed by atoms with Crippen LogP contribution < -0.4 is 5.43 Å². The molecular weight excluding hydrogens is 324 g/mol. The molecule has 1 N–H and O–H groups in total. The fourth-order valence-corrected chi connectivity index (χ4v) is 2.59. The Balaban J connectivity index is 2.13. The van der Waals surface area contributed by atoms with Crippen molar-refractivity contribution in [2.45, 2.75) is 19.2 Å². The smallest absolute Gasteiger partial charge is 0.351 e. The lowest BCUT2D eigenvalue weighted by atomic mass is 9.94. The average Bonchev–Trinajstić information content (AvgIpc) is 2.54. The third kappa shape index (κ3) is 3.26. The van der Waals surface area contributed by atoms with Crippen molar-refractivity contribution in [3.63, 3.8) is 0 Å². The van der Waals surface area contributed by atoms with Gasteiger partial charge in [0.15, 0.2) is 0 Å². The van der Waals surface area contributed by atoms with Crippen molar-refractivity contribution < 1.29 is 22.3 Å². The van der Waals surface area contributed by atoms with Gasteiger partial charge in [-0.2, -0.15) is 18.3 Å². The molecule has 0 unspecified atom stereocenters. The molecule has 0 bridgehead atoms. The molecule has 0 fully saturated rings. The maximum Gasteiger partial charge on any atom is 0.417 e. The molecule has 0 saturated heterocycles. The van der Waals surface area contributed by atoms with Gasteiger partial charge in [0.2, 0.25) is 0 Å². The highest BCUT2D eigenvalue weighted by Gasteiger charge is 2.34. The van der Waals surface area contributed by atoms with Crippen LogP contribution in [0.25, 0.3) is 11.1 Å². The van der Waals surface area contributed by atoms with Crippen molar-refractivity contribution in [2.75, 3.05) is 6.73 Å². The van der Waals surface area contributed by atoms with Crippen LogP contribution in [0.4, 0.5) is 17.6 Å². The predicted molar refractivity (Wildman–Crippen MR) is 81.9 cm³/mol. The first-order valence-corrected chi connectivity index (χ1v) is 7.26. The summed E-state index contributed by atoms with van der Waals surface area (Å²) in [4.78, 5) is 0. The average molecular weight is 338 g/mol. The Morgan fingerprint density at radius 3 is 2.58 bits per heavy atom. The van der Waals surface area contributed by atoms with Crippen LogP contribution in [-0.2, 0) is 10.9 Å². The second-order valence-electron chi connectivity index (χ2n) is 5.38. The van der Waals surface area contributed by atoms with Crippen LogP contribution in [0.2, 0.25) is 0 Å². The van der Waals surface area contributed by atoms with Gasteiger partial charge in [-0.25, -0.2) is 4.39 Å².